The lowest BCUT2D eigenvalue weighted by Crippen LogP contribution is -2.28. The zero-order valence-corrected chi connectivity index (χ0v) is 15.5. The van der Waals surface area contributed by atoms with Crippen molar-refractivity contribution in [2.75, 3.05) is 19.6 Å². The summed E-state index contributed by atoms with van der Waals surface area (Å²) in [4.78, 5) is 14.2. The van der Waals surface area contributed by atoms with Gasteiger partial charge in [0.15, 0.2) is 5.76 Å². The van der Waals surface area contributed by atoms with Crippen LogP contribution in [0.25, 0.3) is 0 Å². The average molecular weight is 383 g/mol. The average Bonchev–Trinajstić information content (AvgIpc) is 3.32. The number of benzene rings is 1. The highest BCUT2D eigenvalue weighted by Gasteiger charge is 2.19. The zero-order chi connectivity index (χ0) is 19.3. The summed E-state index contributed by atoms with van der Waals surface area (Å²) < 4.78 is 21.1. The van der Waals surface area contributed by atoms with Crippen molar-refractivity contribution in [3.05, 3.63) is 71.5 Å². The number of hydrogen-bond acceptors (Lipinski definition) is 5. The number of aromatic nitrogens is 3. The fourth-order valence-corrected chi connectivity index (χ4v) is 3.42. The van der Waals surface area contributed by atoms with Crippen LogP contribution in [-0.2, 0) is 25.9 Å². The first kappa shape index (κ1) is 18.4. The minimum Gasteiger partial charge on any atom is -0.459 e. The smallest absolute Gasteiger partial charge is 0.286 e. The van der Waals surface area contributed by atoms with Crippen LogP contribution in [0.4, 0.5) is 4.39 Å². The molecule has 0 bridgehead atoms. The Bertz CT molecular complexity index is 938. The number of furan rings is 1. The Morgan fingerprint density at radius 1 is 1.14 bits per heavy atom. The first-order chi connectivity index (χ1) is 13.7. The lowest BCUT2D eigenvalue weighted by Gasteiger charge is -2.20. The molecular weight excluding hydrogens is 361 g/mol. The minimum atomic E-state index is -0.239. The first-order valence-electron chi connectivity index (χ1n) is 9.39. The van der Waals surface area contributed by atoms with Gasteiger partial charge in [0.1, 0.15) is 17.5 Å². The quantitative estimate of drug-likeness (QED) is 0.705. The second-order valence-corrected chi connectivity index (χ2v) is 6.78. The highest BCUT2D eigenvalue weighted by molar-refractivity contribution is 5.91. The Morgan fingerprint density at radius 3 is 2.86 bits per heavy atom. The maximum atomic E-state index is 13.9. The molecule has 1 aliphatic rings. The molecule has 1 aromatic carbocycles. The van der Waals surface area contributed by atoms with E-state index in [4.69, 9.17) is 4.42 Å². The number of fused-ring (bicyclic) bond motifs is 1. The molecule has 0 atom stereocenters. The Balaban J connectivity index is 1.33. The van der Waals surface area contributed by atoms with Gasteiger partial charge in [0.2, 0.25) is 0 Å². The molecule has 0 aliphatic carbocycles. The summed E-state index contributed by atoms with van der Waals surface area (Å²) in [7, 11) is 0. The normalized spacial score (nSPS) is 14.5. The van der Waals surface area contributed by atoms with E-state index < -0.39 is 0 Å². The lowest BCUT2D eigenvalue weighted by atomic mass is 10.2. The molecule has 0 saturated carbocycles. The van der Waals surface area contributed by atoms with Crippen LogP contribution in [0.3, 0.4) is 0 Å². The summed E-state index contributed by atoms with van der Waals surface area (Å²) in [6.45, 7) is 3.39. The van der Waals surface area contributed by atoms with Gasteiger partial charge < -0.3 is 14.3 Å². The second kappa shape index (κ2) is 8.35. The van der Waals surface area contributed by atoms with Gasteiger partial charge in [-0.05, 0) is 18.2 Å². The molecule has 1 aliphatic heterocycles. The van der Waals surface area contributed by atoms with E-state index >= 15 is 0 Å². The van der Waals surface area contributed by atoms with Gasteiger partial charge in [-0.25, -0.2) is 4.39 Å². The third kappa shape index (κ3) is 4.12. The van der Waals surface area contributed by atoms with E-state index in [1.807, 2.05) is 12.1 Å². The number of rotatable bonds is 6. The van der Waals surface area contributed by atoms with Crippen molar-refractivity contribution in [3.8, 4) is 0 Å². The highest BCUT2D eigenvalue weighted by Crippen LogP contribution is 2.14. The third-order valence-corrected chi connectivity index (χ3v) is 4.93. The fourth-order valence-electron chi connectivity index (χ4n) is 3.42. The van der Waals surface area contributed by atoms with E-state index in [0.29, 0.717) is 30.8 Å². The van der Waals surface area contributed by atoms with E-state index in [1.165, 1.54) is 12.3 Å². The second-order valence-electron chi connectivity index (χ2n) is 6.78. The van der Waals surface area contributed by atoms with Crippen LogP contribution in [-0.4, -0.2) is 45.2 Å². The molecule has 0 saturated heterocycles. The van der Waals surface area contributed by atoms with Crippen LogP contribution in [0.15, 0.2) is 47.1 Å². The van der Waals surface area contributed by atoms with Gasteiger partial charge in [0, 0.05) is 51.1 Å². The van der Waals surface area contributed by atoms with Crippen molar-refractivity contribution in [1.82, 2.24) is 25.0 Å². The van der Waals surface area contributed by atoms with Gasteiger partial charge in [0.25, 0.3) is 5.91 Å². The van der Waals surface area contributed by atoms with Crippen LogP contribution < -0.4 is 5.32 Å². The number of hydrogen-bond donors (Lipinski definition) is 1. The molecule has 8 heteroatoms. The molecule has 7 nitrogen and oxygen atoms in total. The molecule has 3 heterocycles. The molecule has 146 valence electrons. The Kier molecular flexibility index (Phi) is 5.48. The molecule has 0 unspecified atom stereocenters. The summed E-state index contributed by atoms with van der Waals surface area (Å²) in [5, 5.41) is 11.4. The SMILES string of the molecule is O=C(NCCc1nnc2n1CCN(Cc1ccccc1F)CC2)c1ccco1. The predicted molar refractivity (Wildman–Crippen MR) is 100 cm³/mol. The van der Waals surface area contributed by atoms with Gasteiger partial charge >= 0.3 is 0 Å². The first-order valence-corrected chi connectivity index (χ1v) is 9.39. The molecule has 1 amide bonds. The van der Waals surface area contributed by atoms with E-state index in [1.54, 1.807) is 18.2 Å². The number of halogens is 1. The van der Waals surface area contributed by atoms with Crippen molar-refractivity contribution in [3.63, 3.8) is 0 Å². The third-order valence-electron chi connectivity index (χ3n) is 4.93. The number of carbonyl (C=O) groups is 1. The van der Waals surface area contributed by atoms with E-state index in [0.717, 1.165) is 37.7 Å². The van der Waals surface area contributed by atoms with Crippen LogP contribution >= 0.6 is 0 Å². The Hall–Kier alpha value is -3.00. The largest absolute Gasteiger partial charge is 0.459 e. The van der Waals surface area contributed by atoms with E-state index in [2.05, 4.69) is 25.0 Å². The van der Waals surface area contributed by atoms with Gasteiger partial charge in [-0.3, -0.25) is 9.69 Å². The molecule has 1 N–H and O–H groups in total. The zero-order valence-electron chi connectivity index (χ0n) is 15.5. The van der Waals surface area contributed by atoms with Crippen LogP contribution in [0, 0.1) is 5.82 Å². The maximum Gasteiger partial charge on any atom is 0.286 e. The predicted octanol–water partition coefficient (Wildman–Crippen LogP) is 2.04. The van der Waals surface area contributed by atoms with E-state index in [-0.39, 0.29) is 11.7 Å². The molecule has 28 heavy (non-hydrogen) atoms. The fraction of sp³-hybridized carbons (Fsp3) is 0.350. The number of amides is 1. The van der Waals surface area contributed by atoms with Gasteiger partial charge in [0.05, 0.1) is 6.26 Å². The maximum absolute atomic E-state index is 13.9. The van der Waals surface area contributed by atoms with Gasteiger partial charge in [-0.2, -0.15) is 0 Å². The van der Waals surface area contributed by atoms with Crippen molar-refractivity contribution in [1.29, 1.82) is 0 Å². The van der Waals surface area contributed by atoms with Crippen molar-refractivity contribution < 1.29 is 13.6 Å². The van der Waals surface area contributed by atoms with Crippen LogP contribution in [0.1, 0.15) is 27.8 Å². The molecule has 0 fully saturated rings. The summed E-state index contributed by atoms with van der Waals surface area (Å²) in [5.74, 6) is 1.67. The lowest BCUT2D eigenvalue weighted by molar-refractivity contribution is 0.0926. The number of carbonyl (C=O) groups excluding carboxylic acids is 1. The number of nitrogens with zero attached hydrogens (tertiary/aromatic N) is 4. The van der Waals surface area contributed by atoms with Crippen LogP contribution in [0.2, 0.25) is 0 Å². The summed E-state index contributed by atoms with van der Waals surface area (Å²) in [5.41, 5.74) is 0.709. The summed E-state index contributed by atoms with van der Waals surface area (Å²) in [6.07, 6.45) is 2.83. The van der Waals surface area contributed by atoms with Crippen molar-refractivity contribution >= 4 is 5.91 Å². The highest BCUT2D eigenvalue weighted by atomic mass is 19.1. The molecule has 2 aromatic heterocycles. The molecule has 4 rings (SSSR count). The molecular formula is C20H22FN5O2. The van der Waals surface area contributed by atoms with Gasteiger partial charge in [-0.15, -0.1) is 10.2 Å². The summed E-state index contributed by atoms with van der Waals surface area (Å²) >= 11 is 0. The van der Waals surface area contributed by atoms with E-state index in [9.17, 15) is 9.18 Å². The standard InChI is InChI=1S/C20H22FN5O2/c21-16-5-2-1-4-15(16)14-25-10-8-19-24-23-18(26(19)12-11-25)7-9-22-20(27)17-6-3-13-28-17/h1-6,13H,7-12,14H2,(H,22,27). The topological polar surface area (TPSA) is 76.2 Å². The molecule has 0 spiro atoms. The monoisotopic (exact) mass is 383 g/mol. The van der Waals surface area contributed by atoms with Gasteiger partial charge in [-0.1, -0.05) is 18.2 Å². The Labute approximate surface area is 162 Å². The minimum absolute atomic E-state index is 0.167. The summed E-state index contributed by atoms with van der Waals surface area (Å²) in [6, 6.07) is 10.2. The Morgan fingerprint density at radius 2 is 2.04 bits per heavy atom. The van der Waals surface area contributed by atoms with Crippen molar-refractivity contribution in [2.24, 2.45) is 0 Å². The van der Waals surface area contributed by atoms with Crippen LogP contribution in [0.5, 0.6) is 0 Å². The number of nitrogens with one attached hydrogen (secondary N) is 1. The molecule has 0 radical (unpaired) electrons. The van der Waals surface area contributed by atoms with Crippen molar-refractivity contribution in [2.45, 2.75) is 25.9 Å². The molecule has 3 aromatic rings.